The smallest absolute Gasteiger partial charge is 0.258 e. The molecule has 0 spiro atoms. The van der Waals surface area contributed by atoms with Crippen molar-refractivity contribution in [1.29, 1.82) is 0 Å². The van der Waals surface area contributed by atoms with Crippen LogP contribution in [0, 0.1) is 5.82 Å². The van der Waals surface area contributed by atoms with Gasteiger partial charge < -0.3 is 10.1 Å². The van der Waals surface area contributed by atoms with E-state index in [-0.39, 0.29) is 11.7 Å². The number of carbonyl (C=O) groups is 1. The van der Waals surface area contributed by atoms with Crippen molar-refractivity contribution in [2.24, 2.45) is 0 Å². The Bertz CT molecular complexity index is 666. The Balaban J connectivity index is 1.69. The van der Waals surface area contributed by atoms with E-state index in [1.165, 1.54) is 25.0 Å². The van der Waals surface area contributed by atoms with E-state index in [9.17, 15) is 9.18 Å². The van der Waals surface area contributed by atoms with E-state index in [2.05, 4.69) is 5.32 Å². The van der Waals surface area contributed by atoms with Crippen LogP contribution in [0.5, 0.6) is 5.75 Å². The zero-order chi connectivity index (χ0) is 15.4. The lowest BCUT2D eigenvalue weighted by atomic mass is 10.2. The summed E-state index contributed by atoms with van der Waals surface area (Å²) in [5, 5.41) is 2.71. The number of anilines is 1. The largest absolute Gasteiger partial charge is 0.490 e. The van der Waals surface area contributed by atoms with Crippen LogP contribution in [-0.2, 0) is 0 Å². The molecule has 0 radical (unpaired) electrons. The maximum atomic E-state index is 13.6. The third-order valence-corrected chi connectivity index (χ3v) is 3.82. The SMILES string of the molecule is O=C(Nc1cccc(OC2CCCC2)c1)c1ccccc1F. The average molecular weight is 299 g/mol. The van der Waals surface area contributed by atoms with Gasteiger partial charge in [0.1, 0.15) is 11.6 Å². The molecule has 114 valence electrons. The molecule has 0 atom stereocenters. The van der Waals surface area contributed by atoms with Gasteiger partial charge in [-0.1, -0.05) is 18.2 Å². The van der Waals surface area contributed by atoms with Gasteiger partial charge >= 0.3 is 0 Å². The molecule has 0 bridgehead atoms. The van der Waals surface area contributed by atoms with Crippen molar-refractivity contribution < 1.29 is 13.9 Å². The van der Waals surface area contributed by atoms with Crippen molar-refractivity contribution in [3.63, 3.8) is 0 Å². The molecular formula is C18H18FNO2. The molecule has 3 rings (SSSR count). The van der Waals surface area contributed by atoms with Gasteiger partial charge in [0, 0.05) is 11.8 Å². The molecule has 0 aliphatic heterocycles. The standard InChI is InChI=1S/C18H18FNO2/c19-17-11-4-3-10-16(17)18(21)20-13-6-5-9-15(12-13)22-14-7-1-2-8-14/h3-6,9-12,14H,1-2,7-8H2,(H,20,21). The predicted molar refractivity (Wildman–Crippen MR) is 83.7 cm³/mol. The Morgan fingerprint density at radius 3 is 2.64 bits per heavy atom. The second-order valence-electron chi connectivity index (χ2n) is 5.49. The van der Waals surface area contributed by atoms with Crippen molar-refractivity contribution in [2.75, 3.05) is 5.32 Å². The zero-order valence-corrected chi connectivity index (χ0v) is 12.2. The number of benzene rings is 2. The lowest BCUT2D eigenvalue weighted by Crippen LogP contribution is -2.14. The van der Waals surface area contributed by atoms with Crippen molar-refractivity contribution in [1.82, 2.24) is 0 Å². The first kappa shape index (κ1) is 14.6. The molecule has 1 N–H and O–H groups in total. The average Bonchev–Trinajstić information content (AvgIpc) is 3.01. The first-order valence-electron chi connectivity index (χ1n) is 7.55. The van der Waals surface area contributed by atoms with E-state index >= 15 is 0 Å². The maximum Gasteiger partial charge on any atom is 0.258 e. The number of carbonyl (C=O) groups excluding carboxylic acids is 1. The summed E-state index contributed by atoms with van der Waals surface area (Å²) in [4.78, 5) is 12.1. The highest BCUT2D eigenvalue weighted by atomic mass is 19.1. The molecule has 3 nitrogen and oxygen atoms in total. The molecule has 0 saturated heterocycles. The van der Waals surface area contributed by atoms with Gasteiger partial charge in [-0.15, -0.1) is 0 Å². The number of rotatable bonds is 4. The second kappa shape index (κ2) is 6.60. The molecule has 0 heterocycles. The first-order chi connectivity index (χ1) is 10.7. The second-order valence-corrected chi connectivity index (χ2v) is 5.49. The number of halogens is 1. The van der Waals surface area contributed by atoms with Gasteiger partial charge in [0.25, 0.3) is 5.91 Å². The minimum absolute atomic E-state index is 0.0321. The third-order valence-electron chi connectivity index (χ3n) is 3.82. The van der Waals surface area contributed by atoms with Crippen LogP contribution in [0.2, 0.25) is 0 Å². The van der Waals surface area contributed by atoms with Gasteiger partial charge in [-0.2, -0.15) is 0 Å². The van der Waals surface area contributed by atoms with Crippen LogP contribution in [0.3, 0.4) is 0 Å². The third kappa shape index (κ3) is 3.45. The van der Waals surface area contributed by atoms with Gasteiger partial charge in [-0.05, 0) is 49.9 Å². The maximum absolute atomic E-state index is 13.6. The summed E-state index contributed by atoms with van der Waals surface area (Å²) in [5.74, 6) is -0.257. The Labute approximate surface area is 129 Å². The highest BCUT2D eigenvalue weighted by molar-refractivity contribution is 6.04. The molecule has 1 aliphatic rings. The van der Waals surface area contributed by atoms with E-state index in [1.807, 2.05) is 12.1 Å². The Morgan fingerprint density at radius 1 is 1.09 bits per heavy atom. The normalized spacial score (nSPS) is 14.8. The molecule has 22 heavy (non-hydrogen) atoms. The minimum atomic E-state index is -0.529. The number of hydrogen-bond acceptors (Lipinski definition) is 2. The molecule has 2 aromatic rings. The fraction of sp³-hybridized carbons (Fsp3) is 0.278. The highest BCUT2D eigenvalue weighted by Crippen LogP contribution is 2.26. The van der Waals surface area contributed by atoms with Crippen molar-refractivity contribution in [3.05, 3.63) is 59.9 Å². The predicted octanol–water partition coefficient (Wildman–Crippen LogP) is 4.40. The van der Waals surface area contributed by atoms with Gasteiger partial charge in [0.2, 0.25) is 0 Å². The van der Waals surface area contributed by atoms with Crippen LogP contribution in [0.25, 0.3) is 0 Å². The number of hydrogen-bond donors (Lipinski definition) is 1. The van der Waals surface area contributed by atoms with Crippen LogP contribution in [0.1, 0.15) is 36.0 Å². The minimum Gasteiger partial charge on any atom is -0.490 e. The van der Waals surface area contributed by atoms with E-state index < -0.39 is 11.7 Å². The first-order valence-corrected chi connectivity index (χ1v) is 7.55. The summed E-state index contributed by atoms with van der Waals surface area (Å²) >= 11 is 0. The summed E-state index contributed by atoms with van der Waals surface area (Å²) in [6.45, 7) is 0. The van der Waals surface area contributed by atoms with Crippen LogP contribution < -0.4 is 10.1 Å². The van der Waals surface area contributed by atoms with Gasteiger partial charge in [0.15, 0.2) is 0 Å². The molecule has 1 amide bonds. The molecule has 0 aromatic heterocycles. The van der Waals surface area contributed by atoms with Crippen LogP contribution >= 0.6 is 0 Å². The molecule has 1 fully saturated rings. The lowest BCUT2D eigenvalue weighted by Gasteiger charge is -2.14. The molecule has 2 aromatic carbocycles. The summed E-state index contributed by atoms with van der Waals surface area (Å²) in [6, 6.07) is 13.2. The van der Waals surface area contributed by atoms with Crippen molar-refractivity contribution in [3.8, 4) is 5.75 Å². The lowest BCUT2D eigenvalue weighted by molar-refractivity contribution is 0.102. The van der Waals surface area contributed by atoms with Crippen LogP contribution in [0.15, 0.2) is 48.5 Å². The van der Waals surface area contributed by atoms with Gasteiger partial charge in [-0.25, -0.2) is 4.39 Å². The molecule has 1 aliphatic carbocycles. The topological polar surface area (TPSA) is 38.3 Å². The number of ether oxygens (including phenoxy) is 1. The molecular weight excluding hydrogens is 281 g/mol. The van der Waals surface area contributed by atoms with E-state index in [4.69, 9.17) is 4.74 Å². The zero-order valence-electron chi connectivity index (χ0n) is 12.2. The Kier molecular flexibility index (Phi) is 4.37. The fourth-order valence-electron chi connectivity index (χ4n) is 2.69. The highest BCUT2D eigenvalue weighted by Gasteiger charge is 2.17. The van der Waals surface area contributed by atoms with Crippen molar-refractivity contribution in [2.45, 2.75) is 31.8 Å². The monoisotopic (exact) mass is 299 g/mol. The quantitative estimate of drug-likeness (QED) is 0.908. The molecule has 0 unspecified atom stereocenters. The number of amides is 1. The number of nitrogens with one attached hydrogen (secondary N) is 1. The van der Waals surface area contributed by atoms with Crippen LogP contribution in [0.4, 0.5) is 10.1 Å². The van der Waals surface area contributed by atoms with E-state index in [0.29, 0.717) is 5.69 Å². The van der Waals surface area contributed by atoms with E-state index in [0.717, 1.165) is 18.6 Å². The summed E-state index contributed by atoms with van der Waals surface area (Å²) in [6.07, 6.45) is 4.82. The van der Waals surface area contributed by atoms with Gasteiger partial charge in [-0.3, -0.25) is 4.79 Å². The summed E-state index contributed by atoms with van der Waals surface area (Å²) in [5.41, 5.74) is 0.633. The van der Waals surface area contributed by atoms with Gasteiger partial charge in [0.05, 0.1) is 11.7 Å². The van der Waals surface area contributed by atoms with Crippen molar-refractivity contribution >= 4 is 11.6 Å². The fourth-order valence-corrected chi connectivity index (χ4v) is 2.69. The van der Waals surface area contributed by atoms with E-state index in [1.54, 1.807) is 24.3 Å². The summed E-state index contributed by atoms with van der Waals surface area (Å²) in [7, 11) is 0. The Morgan fingerprint density at radius 2 is 1.86 bits per heavy atom. The molecule has 1 saturated carbocycles. The molecule has 4 heteroatoms. The van der Waals surface area contributed by atoms with Crippen LogP contribution in [-0.4, -0.2) is 12.0 Å². The Hall–Kier alpha value is -2.36. The summed E-state index contributed by atoms with van der Waals surface area (Å²) < 4.78 is 19.5.